The molecule has 0 unspecified atom stereocenters. The Bertz CT molecular complexity index is 33.9. The van der Waals surface area contributed by atoms with E-state index in [0.717, 1.165) is 6.26 Å². The van der Waals surface area contributed by atoms with Crippen LogP contribution in [0.4, 0.5) is 0 Å². The third-order valence-corrected chi connectivity index (χ3v) is 0.575. The smallest absolute Gasteiger partial charge is 0.149 e. The van der Waals surface area contributed by atoms with Crippen molar-refractivity contribution >= 4 is 11.8 Å². The first-order chi connectivity index (χ1) is 2.41. The lowest BCUT2D eigenvalue weighted by atomic mass is 11.2. The zero-order chi connectivity index (χ0) is 4.12. The predicted molar refractivity (Wildman–Crippen MR) is 23.3 cm³/mol. The zero-order valence-electron chi connectivity index (χ0n) is 2.97. The van der Waals surface area contributed by atoms with Crippen molar-refractivity contribution in [3.63, 3.8) is 0 Å². The molecule has 29 valence electrons. The van der Waals surface area contributed by atoms with Crippen molar-refractivity contribution in [3.05, 3.63) is 11.7 Å². The van der Waals surface area contributed by atoms with E-state index >= 15 is 0 Å². The molecule has 1 nitrogen and oxygen atoms in total. The maximum absolute atomic E-state index is 9.33. The highest BCUT2D eigenvalue weighted by Gasteiger charge is 1.55. The minimum Gasteiger partial charge on any atom is -0.298 e. The van der Waals surface area contributed by atoms with Crippen LogP contribution in [-0.4, -0.2) is 6.26 Å². The largest absolute Gasteiger partial charge is 0.298 e. The van der Waals surface area contributed by atoms with Crippen LogP contribution in [0.3, 0.4) is 0 Å². The molecular weight excluding hydrogens is 84.1 g/mol. The zero-order valence-corrected chi connectivity index (χ0v) is 3.79. The van der Waals surface area contributed by atoms with Crippen LogP contribution in [0.2, 0.25) is 0 Å². The van der Waals surface area contributed by atoms with Gasteiger partial charge in [-0.15, -0.1) is 11.8 Å². The molecule has 2 heteroatoms. The molecule has 0 N–H and O–H groups in total. The fraction of sp³-hybridized carbons (Fsp3) is 0.333. The molecule has 0 heterocycles. The van der Waals surface area contributed by atoms with Crippen molar-refractivity contribution < 1.29 is 5.11 Å². The molecule has 0 saturated heterocycles. The Labute approximate surface area is 35.7 Å². The summed E-state index contributed by atoms with van der Waals surface area (Å²) in [6.07, 6.45) is 2.61. The molecule has 0 rings (SSSR count). The number of rotatable bonds is 1. The van der Waals surface area contributed by atoms with Gasteiger partial charge in [0, 0.05) is 5.41 Å². The molecule has 0 spiro atoms. The van der Waals surface area contributed by atoms with Gasteiger partial charge in [-0.2, -0.15) is 0 Å². The first kappa shape index (κ1) is 4.89. The first-order valence-corrected chi connectivity index (χ1v) is 2.50. The average Bonchev–Trinajstić information content (AvgIpc) is 1.41. The second kappa shape index (κ2) is 3.89. The van der Waals surface area contributed by atoms with Gasteiger partial charge in [0.25, 0.3) is 0 Å². The van der Waals surface area contributed by atoms with E-state index in [1.165, 1.54) is 17.2 Å². The van der Waals surface area contributed by atoms with Crippen LogP contribution < -0.4 is 0 Å². The maximum atomic E-state index is 9.33. The molecule has 5 heavy (non-hydrogen) atoms. The van der Waals surface area contributed by atoms with Crippen LogP contribution in [0, 0.1) is 0 Å². The Morgan fingerprint density at radius 1 is 1.80 bits per heavy atom. The molecule has 0 aliphatic carbocycles. The highest BCUT2D eigenvalue weighted by atomic mass is 32.2. The van der Waals surface area contributed by atoms with Gasteiger partial charge in [-0.1, -0.05) is 0 Å². The van der Waals surface area contributed by atoms with Crippen LogP contribution in [0.15, 0.2) is 11.7 Å². The summed E-state index contributed by atoms with van der Waals surface area (Å²) >= 11 is 1.41. The van der Waals surface area contributed by atoms with E-state index in [0.29, 0.717) is 0 Å². The van der Waals surface area contributed by atoms with Gasteiger partial charge in [0.1, 0.15) is 6.26 Å². The van der Waals surface area contributed by atoms with E-state index in [2.05, 4.69) is 0 Å². The van der Waals surface area contributed by atoms with E-state index in [9.17, 15) is 5.11 Å². The van der Waals surface area contributed by atoms with Gasteiger partial charge in [-0.05, 0) is 6.26 Å². The lowest BCUT2D eigenvalue weighted by Crippen LogP contribution is -1.38. The second-order valence-corrected chi connectivity index (χ2v) is 1.25. The topological polar surface area (TPSA) is 19.9 Å². The molecule has 0 saturated carbocycles. The van der Waals surface area contributed by atoms with Gasteiger partial charge in [-0.3, -0.25) is 5.11 Å². The van der Waals surface area contributed by atoms with Crippen molar-refractivity contribution in [3.8, 4) is 0 Å². The van der Waals surface area contributed by atoms with Gasteiger partial charge in [0.2, 0.25) is 0 Å². The standard InChI is InChI=1S/C3H5OS/c1-5-3-2-4/h2-3H,1H3/b3-2+. The highest BCUT2D eigenvalue weighted by Crippen LogP contribution is 1.89. The fourth-order valence-corrected chi connectivity index (χ4v) is 0.167. The lowest BCUT2D eigenvalue weighted by Gasteiger charge is -1.63. The van der Waals surface area contributed by atoms with Gasteiger partial charge in [0.15, 0.2) is 0 Å². The van der Waals surface area contributed by atoms with E-state index in [-0.39, 0.29) is 0 Å². The summed E-state index contributed by atoms with van der Waals surface area (Å²) < 4.78 is 0. The van der Waals surface area contributed by atoms with Gasteiger partial charge < -0.3 is 0 Å². The summed E-state index contributed by atoms with van der Waals surface area (Å²) in [5, 5.41) is 10.8. The molecule has 0 aliphatic heterocycles. The Morgan fingerprint density at radius 3 is 2.40 bits per heavy atom. The third-order valence-electron chi connectivity index (χ3n) is 0.192. The molecular formula is C3H5OS. The Hall–Kier alpha value is -0.110. The van der Waals surface area contributed by atoms with E-state index < -0.39 is 0 Å². The summed E-state index contributed by atoms with van der Waals surface area (Å²) in [4.78, 5) is 0. The summed E-state index contributed by atoms with van der Waals surface area (Å²) in [7, 11) is 0. The number of thioether (sulfide) groups is 1. The predicted octanol–water partition coefficient (Wildman–Crippen LogP) is 1.25. The third kappa shape index (κ3) is 3.89. The minimum atomic E-state index is 0.769. The number of hydrogen-bond donors (Lipinski definition) is 0. The first-order valence-electron chi connectivity index (χ1n) is 1.21. The van der Waals surface area contributed by atoms with Crippen LogP contribution in [0.25, 0.3) is 0 Å². The monoisotopic (exact) mass is 89.0 g/mol. The molecule has 0 aromatic heterocycles. The highest BCUT2D eigenvalue weighted by molar-refractivity contribution is 8.01. The Balaban J connectivity index is 2.62. The van der Waals surface area contributed by atoms with Gasteiger partial charge in [0.05, 0.1) is 0 Å². The van der Waals surface area contributed by atoms with Gasteiger partial charge in [-0.25, -0.2) is 0 Å². The summed E-state index contributed by atoms with van der Waals surface area (Å²) in [6.45, 7) is 0. The summed E-state index contributed by atoms with van der Waals surface area (Å²) in [5.74, 6) is 0. The van der Waals surface area contributed by atoms with E-state index in [1.807, 2.05) is 6.26 Å². The quantitative estimate of drug-likeness (QED) is 0.442. The van der Waals surface area contributed by atoms with Crippen molar-refractivity contribution in [1.82, 2.24) is 0 Å². The normalized spacial score (nSPS) is 9.80. The van der Waals surface area contributed by atoms with Crippen LogP contribution >= 0.6 is 11.8 Å². The second-order valence-electron chi connectivity index (χ2n) is 0.508. The molecule has 0 fully saturated rings. The van der Waals surface area contributed by atoms with Crippen molar-refractivity contribution in [2.75, 3.05) is 6.26 Å². The molecule has 0 bridgehead atoms. The number of hydrogen-bond acceptors (Lipinski definition) is 1. The Morgan fingerprint density at radius 2 is 2.40 bits per heavy atom. The molecule has 0 amide bonds. The summed E-state index contributed by atoms with van der Waals surface area (Å²) in [5.41, 5.74) is 0. The molecule has 0 aromatic rings. The maximum Gasteiger partial charge on any atom is 0.149 e. The SMILES string of the molecule is CS/C=C/[O]. The molecule has 0 aromatic carbocycles. The molecule has 1 radical (unpaired) electrons. The van der Waals surface area contributed by atoms with Crippen LogP contribution in [0.5, 0.6) is 0 Å². The minimum absolute atomic E-state index is 0.769. The fourth-order valence-electron chi connectivity index (χ4n) is 0.0556. The van der Waals surface area contributed by atoms with Crippen molar-refractivity contribution in [1.29, 1.82) is 0 Å². The van der Waals surface area contributed by atoms with Crippen LogP contribution in [0.1, 0.15) is 0 Å². The molecule has 0 aliphatic rings. The van der Waals surface area contributed by atoms with Gasteiger partial charge >= 0.3 is 0 Å². The van der Waals surface area contributed by atoms with E-state index in [1.54, 1.807) is 0 Å². The van der Waals surface area contributed by atoms with Crippen LogP contribution in [-0.2, 0) is 5.11 Å². The van der Waals surface area contributed by atoms with E-state index in [4.69, 9.17) is 0 Å². The lowest BCUT2D eigenvalue weighted by molar-refractivity contribution is 0.353. The Kier molecular flexibility index (Phi) is 3.80. The molecule has 0 atom stereocenters. The average molecular weight is 89.1 g/mol. The summed E-state index contributed by atoms with van der Waals surface area (Å²) in [6, 6.07) is 0. The van der Waals surface area contributed by atoms with Crippen molar-refractivity contribution in [2.45, 2.75) is 0 Å². The van der Waals surface area contributed by atoms with Crippen molar-refractivity contribution in [2.24, 2.45) is 0 Å².